The molecule has 6 nitrogen and oxygen atoms in total. The summed E-state index contributed by atoms with van der Waals surface area (Å²) in [5, 5.41) is 7.97. The SMILES string of the molecule is COC[C@H](C)Nc1ncc2c(Br)cc([C@H]3CC[C@H](N)CC3)n2n1. The molecule has 1 aliphatic rings. The van der Waals surface area contributed by atoms with Crippen LogP contribution in [0.5, 0.6) is 0 Å². The van der Waals surface area contributed by atoms with E-state index in [4.69, 9.17) is 15.6 Å². The third-order valence-corrected chi connectivity index (χ3v) is 5.11. The molecule has 0 saturated heterocycles. The van der Waals surface area contributed by atoms with E-state index >= 15 is 0 Å². The Kier molecular flexibility index (Phi) is 5.18. The Hall–Kier alpha value is -1.18. The molecular formula is C16H24BrN5O. The quantitative estimate of drug-likeness (QED) is 0.832. The molecule has 0 spiro atoms. The summed E-state index contributed by atoms with van der Waals surface area (Å²) in [4.78, 5) is 4.41. The molecule has 1 fully saturated rings. The van der Waals surface area contributed by atoms with Gasteiger partial charge < -0.3 is 15.8 Å². The number of nitrogens with two attached hydrogens (primary N) is 1. The van der Waals surface area contributed by atoms with Crippen molar-refractivity contribution >= 4 is 27.4 Å². The molecule has 1 saturated carbocycles. The van der Waals surface area contributed by atoms with E-state index in [1.807, 2.05) is 17.6 Å². The summed E-state index contributed by atoms with van der Waals surface area (Å²) in [5.41, 5.74) is 8.28. The number of nitrogens with one attached hydrogen (secondary N) is 1. The monoisotopic (exact) mass is 381 g/mol. The highest BCUT2D eigenvalue weighted by atomic mass is 79.9. The van der Waals surface area contributed by atoms with E-state index in [9.17, 15) is 0 Å². The van der Waals surface area contributed by atoms with Crippen molar-refractivity contribution in [1.29, 1.82) is 0 Å². The maximum Gasteiger partial charge on any atom is 0.241 e. The van der Waals surface area contributed by atoms with Crippen molar-refractivity contribution in [3.05, 3.63) is 22.4 Å². The summed E-state index contributed by atoms with van der Waals surface area (Å²) >= 11 is 3.63. The molecule has 0 unspecified atom stereocenters. The molecule has 0 amide bonds. The molecule has 1 atom stereocenters. The molecular weight excluding hydrogens is 358 g/mol. The van der Waals surface area contributed by atoms with Gasteiger partial charge in [-0.25, -0.2) is 9.50 Å². The van der Waals surface area contributed by atoms with Crippen molar-refractivity contribution in [2.45, 2.75) is 50.6 Å². The molecule has 0 bridgehead atoms. The van der Waals surface area contributed by atoms with Gasteiger partial charge in [-0.3, -0.25) is 0 Å². The minimum Gasteiger partial charge on any atom is -0.383 e. The van der Waals surface area contributed by atoms with Crippen LogP contribution in [0.4, 0.5) is 5.95 Å². The number of nitrogens with zero attached hydrogens (tertiary/aromatic N) is 3. The number of hydrogen-bond acceptors (Lipinski definition) is 5. The van der Waals surface area contributed by atoms with E-state index in [-0.39, 0.29) is 6.04 Å². The first kappa shape index (κ1) is 16.7. The first-order valence-corrected chi connectivity index (χ1v) is 8.93. The Morgan fingerprint density at radius 1 is 1.43 bits per heavy atom. The van der Waals surface area contributed by atoms with Gasteiger partial charge in [0.2, 0.25) is 5.95 Å². The van der Waals surface area contributed by atoms with Crippen molar-refractivity contribution in [2.24, 2.45) is 5.73 Å². The smallest absolute Gasteiger partial charge is 0.241 e. The molecule has 3 N–H and O–H groups in total. The van der Waals surface area contributed by atoms with Crippen LogP contribution in [-0.4, -0.2) is 40.4 Å². The maximum atomic E-state index is 6.04. The van der Waals surface area contributed by atoms with Gasteiger partial charge in [0.15, 0.2) is 0 Å². The van der Waals surface area contributed by atoms with Gasteiger partial charge in [0, 0.05) is 35.3 Å². The van der Waals surface area contributed by atoms with Crippen LogP contribution in [0.25, 0.3) is 5.52 Å². The second-order valence-electron chi connectivity index (χ2n) is 6.41. The van der Waals surface area contributed by atoms with Crippen LogP contribution in [0, 0.1) is 0 Å². The minimum absolute atomic E-state index is 0.160. The molecule has 0 radical (unpaired) electrons. The van der Waals surface area contributed by atoms with E-state index in [0.717, 1.165) is 35.7 Å². The summed E-state index contributed by atoms with van der Waals surface area (Å²) in [7, 11) is 1.69. The minimum atomic E-state index is 0.160. The van der Waals surface area contributed by atoms with E-state index in [0.29, 0.717) is 24.5 Å². The van der Waals surface area contributed by atoms with Crippen LogP contribution in [-0.2, 0) is 4.74 Å². The second kappa shape index (κ2) is 7.15. The van der Waals surface area contributed by atoms with Gasteiger partial charge in [0.25, 0.3) is 0 Å². The average molecular weight is 382 g/mol. The molecule has 23 heavy (non-hydrogen) atoms. The maximum absolute atomic E-state index is 6.04. The van der Waals surface area contributed by atoms with Gasteiger partial charge in [-0.05, 0) is 54.6 Å². The molecule has 2 heterocycles. The standard InChI is InChI=1S/C16H24BrN5O/c1-10(9-23-2)20-16-19-8-15-13(17)7-14(22(15)21-16)11-3-5-12(18)6-4-11/h7-8,10-12H,3-6,9,18H2,1-2H3,(H,20,21)/t10-,11-,12-/m0/s1. The fraction of sp³-hybridized carbons (Fsp3) is 0.625. The zero-order chi connectivity index (χ0) is 16.4. The normalized spacial score (nSPS) is 23.1. The third-order valence-electron chi connectivity index (χ3n) is 4.48. The lowest BCUT2D eigenvalue weighted by atomic mass is 9.84. The van der Waals surface area contributed by atoms with Crippen molar-refractivity contribution in [2.75, 3.05) is 19.0 Å². The predicted molar refractivity (Wildman–Crippen MR) is 94.8 cm³/mol. The summed E-state index contributed by atoms with van der Waals surface area (Å²) in [5.74, 6) is 1.13. The van der Waals surface area contributed by atoms with Crippen molar-refractivity contribution in [3.63, 3.8) is 0 Å². The van der Waals surface area contributed by atoms with Crippen LogP contribution in [0.2, 0.25) is 0 Å². The molecule has 126 valence electrons. The number of hydrogen-bond donors (Lipinski definition) is 2. The molecule has 7 heteroatoms. The van der Waals surface area contributed by atoms with Crippen LogP contribution >= 0.6 is 15.9 Å². The van der Waals surface area contributed by atoms with Crippen molar-refractivity contribution in [1.82, 2.24) is 14.6 Å². The van der Waals surface area contributed by atoms with Crippen LogP contribution < -0.4 is 11.1 Å². The zero-order valence-electron chi connectivity index (χ0n) is 13.6. The molecule has 0 aliphatic heterocycles. The number of halogens is 1. The Bertz CT molecular complexity index is 666. The molecule has 3 rings (SSSR count). The highest BCUT2D eigenvalue weighted by Crippen LogP contribution is 2.35. The summed E-state index contributed by atoms with van der Waals surface area (Å²) in [6.45, 7) is 2.66. The lowest BCUT2D eigenvalue weighted by Gasteiger charge is -2.25. The first-order chi connectivity index (χ1) is 11.1. The Morgan fingerprint density at radius 3 is 2.87 bits per heavy atom. The lowest BCUT2D eigenvalue weighted by molar-refractivity contribution is 0.190. The van der Waals surface area contributed by atoms with Crippen LogP contribution in [0.3, 0.4) is 0 Å². The zero-order valence-corrected chi connectivity index (χ0v) is 15.2. The largest absolute Gasteiger partial charge is 0.383 e. The topological polar surface area (TPSA) is 77.5 Å². The second-order valence-corrected chi connectivity index (χ2v) is 7.26. The Balaban J connectivity index is 1.89. The fourth-order valence-electron chi connectivity index (χ4n) is 3.26. The van der Waals surface area contributed by atoms with Crippen LogP contribution in [0.1, 0.15) is 44.2 Å². The Morgan fingerprint density at radius 2 is 2.17 bits per heavy atom. The van der Waals surface area contributed by atoms with Crippen molar-refractivity contribution in [3.8, 4) is 0 Å². The van der Waals surface area contributed by atoms with Gasteiger partial charge >= 0.3 is 0 Å². The number of fused-ring (bicyclic) bond motifs is 1. The van der Waals surface area contributed by atoms with Gasteiger partial charge in [-0.1, -0.05) is 0 Å². The molecule has 2 aromatic heterocycles. The molecule has 0 aromatic carbocycles. The van der Waals surface area contributed by atoms with Gasteiger partial charge in [-0.15, -0.1) is 5.10 Å². The number of rotatable bonds is 5. The van der Waals surface area contributed by atoms with Gasteiger partial charge in [0.1, 0.15) is 0 Å². The van der Waals surface area contributed by atoms with Gasteiger partial charge in [-0.2, -0.15) is 0 Å². The van der Waals surface area contributed by atoms with Crippen molar-refractivity contribution < 1.29 is 4.74 Å². The number of anilines is 1. The van der Waals surface area contributed by atoms with E-state index in [1.54, 1.807) is 7.11 Å². The third kappa shape index (κ3) is 3.67. The average Bonchev–Trinajstić information content (AvgIpc) is 2.85. The highest BCUT2D eigenvalue weighted by Gasteiger charge is 2.24. The highest BCUT2D eigenvalue weighted by molar-refractivity contribution is 9.10. The lowest BCUT2D eigenvalue weighted by Crippen LogP contribution is -2.26. The van der Waals surface area contributed by atoms with E-state index in [2.05, 4.69) is 32.3 Å². The summed E-state index contributed by atoms with van der Waals surface area (Å²) in [6.07, 6.45) is 6.25. The predicted octanol–water partition coefficient (Wildman–Crippen LogP) is 2.92. The molecule has 1 aliphatic carbocycles. The summed E-state index contributed by atoms with van der Waals surface area (Å²) < 4.78 is 8.21. The van der Waals surface area contributed by atoms with E-state index in [1.165, 1.54) is 5.69 Å². The number of aromatic nitrogens is 3. The number of ether oxygens (including phenoxy) is 1. The van der Waals surface area contributed by atoms with E-state index < -0.39 is 0 Å². The van der Waals surface area contributed by atoms with Crippen LogP contribution in [0.15, 0.2) is 16.7 Å². The van der Waals surface area contributed by atoms with Gasteiger partial charge in [0.05, 0.1) is 18.3 Å². The number of methoxy groups -OCH3 is 1. The molecule has 2 aromatic rings. The first-order valence-electron chi connectivity index (χ1n) is 8.13. The fourth-order valence-corrected chi connectivity index (χ4v) is 3.76. The summed E-state index contributed by atoms with van der Waals surface area (Å²) in [6, 6.07) is 2.68. The Labute approximate surface area is 144 Å².